The fourth-order valence-corrected chi connectivity index (χ4v) is 2.79. The Balaban J connectivity index is 2.14. The first kappa shape index (κ1) is 13.7. The van der Waals surface area contributed by atoms with Crippen molar-refractivity contribution in [3.05, 3.63) is 73.5 Å². The number of rotatable bonds is 3. The largest absolute Gasteiger partial charge is 0.360 e. The number of aromatic nitrogens is 1. The summed E-state index contributed by atoms with van der Waals surface area (Å²) in [6, 6.07) is 11.8. The monoisotopic (exact) mass is 392 g/mol. The van der Waals surface area contributed by atoms with E-state index in [2.05, 4.69) is 4.98 Å². The number of halogens is 1. The van der Waals surface area contributed by atoms with E-state index in [0.29, 0.717) is 14.7 Å². The fourth-order valence-electron chi connectivity index (χ4n) is 2.21. The summed E-state index contributed by atoms with van der Waals surface area (Å²) in [6.45, 7) is 0. The zero-order valence-electron chi connectivity index (χ0n) is 10.7. The van der Waals surface area contributed by atoms with Gasteiger partial charge >= 0.3 is 0 Å². The van der Waals surface area contributed by atoms with Crippen LogP contribution in [0.1, 0.15) is 15.9 Å². The molecule has 21 heavy (non-hydrogen) atoms. The minimum atomic E-state index is -0.498. The molecule has 2 aromatic carbocycles. The van der Waals surface area contributed by atoms with Gasteiger partial charge in [0.15, 0.2) is 5.78 Å². The van der Waals surface area contributed by atoms with Crippen molar-refractivity contribution in [1.82, 2.24) is 4.98 Å². The van der Waals surface area contributed by atoms with E-state index in [9.17, 15) is 14.9 Å². The second kappa shape index (κ2) is 5.28. The normalized spacial score (nSPS) is 10.7. The predicted molar refractivity (Wildman–Crippen MR) is 87.5 cm³/mol. The molecule has 0 aliphatic heterocycles. The Labute approximate surface area is 133 Å². The molecule has 0 radical (unpaired) electrons. The van der Waals surface area contributed by atoms with Gasteiger partial charge in [0.1, 0.15) is 0 Å². The third-order valence-electron chi connectivity index (χ3n) is 3.24. The van der Waals surface area contributed by atoms with Crippen molar-refractivity contribution in [2.75, 3.05) is 0 Å². The molecule has 5 nitrogen and oxygen atoms in total. The molecular weight excluding hydrogens is 383 g/mol. The van der Waals surface area contributed by atoms with Crippen molar-refractivity contribution < 1.29 is 9.72 Å². The molecule has 0 saturated carbocycles. The molecule has 0 aliphatic carbocycles. The maximum Gasteiger partial charge on any atom is 0.270 e. The average Bonchev–Trinajstić information content (AvgIpc) is 2.90. The van der Waals surface area contributed by atoms with Crippen LogP contribution >= 0.6 is 22.6 Å². The molecule has 0 spiro atoms. The highest BCUT2D eigenvalue weighted by Gasteiger charge is 2.19. The van der Waals surface area contributed by atoms with E-state index in [4.69, 9.17) is 0 Å². The lowest BCUT2D eigenvalue weighted by molar-refractivity contribution is -0.384. The molecule has 3 rings (SSSR count). The van der Waals surface area contributed by atoms with Gasteiger partial charge in [-0.3, -0.25) is 14.9 Å². The molecule has 0 atom stereocenters. The molecule has 0 bridgehead atoms. The Morgan fingerprint density at radius 2 is 1.90 bits per heavy atom. The Kier molecular flexibility index (Phi) is 3.46. The quantitative estimate of drug-likeness (QED) is 0.318. The molecule has 1 heterocycles. The van der Waals surface area contributed by atoms with Crippen molar-refractivity contribution in [2.45, 2.75) is 0 Å². The Morgan fingerprint density at radius 3 is 2.67 bits per heavy atom. The molecule has 0 unspecified atom stereocenters. The number of hydrogen-bond donors (Lipinski definition) is 1. The number of nitrogens with zero attached hydrogens (tertiary/aromatic N) is 1. The van der Waals surface area contributed by atoms with Gasteiger partial charge in [-0.15, -0.1) is 0 Å². The summed E-state index contributed by atoms with van der Waals surface area (Å²) in [5.41, 5.74) is 1.64. The number of carbonyl (C=O) groups excluding carboxylic acids is 1. The number of aromatic amines is 1. The highest BCUT2D eigenvalue weighted by molar-refractivity contribution is 14.1. The molecule has 0 amide bonds. The Morgan fingerprint density at radius 1 is 1.14 bits per heavy atom. The van der Waals surface area contributed by atoms with Gasteiger partial charge in [0.2, 0.25) is 0 Å². The van der Waals surface area contributed by atoms with Crippen LogP contribution in [0.3, 0.4) is 0 Å². The lowest BCUT2D eigenvalue weighted by Crippen LogP contribution is -2.04. The van der Waals surface area contributed by atoms with Crippen LogP contribution in [0.25, 0.3) is 10.9 Å². The highest BCUT2D eigenvalue weighted by Crippen LogP contribution is 2.25. The second-order valence-corrected chi connectivity index (χ2v) is 5.66. The summed E-state index contributed by atoms with van der Waals surface area (Å²) in [4.78, 5) is 26.1. The molecular formula is C15H9IN2O3. The first-order valence-corrected chi connectivity index (χ1v) is 7.20. The maximum absolute atomic E-state index is 12.7. The van der Waals surface area contributed by atoms with Crippen molar-refractivity contribution in [3.63, 3.8) is 0 Å². The van der Waals surface area contributed by atoms with Gasteiger partial charge in [0, 0.05) is 43.9 Å². The number of nitrogens with one attached hydrogen (secondary N) is 1. The molecule has 3 aromatic rings. The number of para-hydroxylation sites is 1. The predicted octanol–water partition coefficient (Wildman–Crippen LogP) is 3.91. The molecule has 6 heteroatoms. The third-order valence-corrected chi connectivity index (χ3v) is 4.18. The van der Waals surface area contributed by atoms with Crippen molar-refractivity contribution in [1.29, 1.82) is 0 Å². The minimum Gasteiger partial charge on any atom is -0.360 e. The summed E-state index contributed by atoms with van der Waals surface area (Å²) < 4.78 is 0.688. The van der Waals surface area contributed by atoms with Crippen LogP contribution in [0.15, 0.2) is 48.7 Å². The van der Waals surface area contributed by atoms with Crippen LogP contribution < -0.4 is 0 Å². The van der Waals surface area contributed by atoms with Gasteiger partial charge in [-0.2, -0.15) is 0 Å². The zero-order chi connectivity index (χ0) is 15.0. The number of hydrogen-bond acceptors (Lipinski definition) is 3. The van der Waals surface area contributed by atoms with E-state index >= 15 is 0 Å². The van der Waals surface area contributed by atoms with Gasteiger partial charge in [0.05, 0.1) is 4.92 Å². The second-order valence-electron chi connectivity index (χ2n) is 4.50. The van der Waals surface area contributed by atoms with Gasteiger partial charge in [-0.25, -0.2) is 0 Å². The van der Waals surface area contributed by atoms with Crippen LogP contribution in [-0.4, -0.2) is 15.7 Å². The van der Waals surface area contributed by atoms with Crippen molar-refractivity contribution in [2.24, 2.45) is 0 Å². The van der Waals surface area contributed by atoms with Crippen LogP contribution in [-0.2, 0) is 0 Å². The first-order valence-electron chi connectivity index (χ1n) is 6.12. The van der Waals surface area contributed by atoms with Crippen LogP contribution in [0, 0.1) is 13.7 Å². The van der Waals surface area contributed by atoms with E-state index in [0.717, 1.165) is 10.9 Å². The van der Waals surface area contributed by atoms with Crippen LogP contribution in [0.5, 0.6) is 0 Å². The lowest BCUT2D eigenvalue weighted by Gasteiger charge is -2.03. The van der Waals surface area contributed by atoms with Gasteiger partial charge in [-0.1, -0.05) is 18.2 Å². The third kappa shape index (κ3) is 2.42. The van der Waals surface area contributed by atoms with Gasteiger partial charge in [-0.05, 0) is 34.7 Å². The van der Waals surface area contributed by atoms with E-state index in [-0.39, 0.29) is 11.5 Å². The number of non-ortho nitro benzene ring substituents is 1. The SMILES string of the molecule is O=C(c1cc([N+](=O)[O-])ccc1I)c1c[nH]c2ccccc12. The van der Waals surface area contributed by atoms with Gasteiger partial charge < -0.3 is 4.98 Å². The summed E-state index contributed by atoms with van der Waals surface area (Å²) in [5, 5.41) is 11.7. The van der Waals surface area contributed by atoms with Crippen LogP contribution in [0.2, 0.25) is 0 Å². The first-order chi connectivity index (χ1) is 10.1. The average molecular weight is 392 g/mol. The number of nitro groups is 1. The standard InChI is InChI=1S/C15H9IN2O3/c16-13-6-5-9(18(20)21)7-11(13)15(19)12-8-17-14-4-2-1-3-10(12)14/h1-8,17H. The molecule has 104 valence electrons. The number of H-pyrrole nitrogens is 1. The topological polar surface area (TPSA) is 76.0 Å². The zero-order valence-corrected chi connectivity index (χ0v) is 12.8. The lowest BCUT2D eigenvalue weighted by atomic mass is 10.0. The number of nitro benzene ring substituents is 1. The van der Waals surface area contributed by atoms with E-state index in [1.165, 1.54) is 12.1 Å². The number of benzene rings is 2. The van der Waals surface area contributed by atoms with E-state index < -0.39 is 4.92 Å². The van der Waals surface area contributed by atoms with Crippen molar-refractivity contribution in [3.8, 4) is 0 Å². The summed E-state index contributed by atoms with van der Waals surface area (Å²) in [7, 11) is 0. The van der Waals surface area contributed by atoms with Crippen LogP contribution in [0.4, 0.5) is 5.69 Å². The molecule has 1 N–H and O–H groups in total. The summed E-state index contributed by atoms with van der Waals surface area (Å²) in [6.07, 6.45) is 1.64. The molecule has 1 aromatic heterocycles. The number of fused-ring (bicyclic) bond motifs is 1. The molecule has 0 saturated heterocycles. The molecule has 0 aliphatic rings. The Bertz CT molecular complexity index is 870. The van der Waals surface area contributed by atoms with Crippen molar-refractivity contribution >= 4 is 45.0 Å². The van der Waals surface area contributed by atoms with Gasteiger partial charge in [0.25, 0.3) is 5.69 Å². The van der Waals surface area contributed by atoms with E-state index in [1.54, 1.807) is 12.3 Å². The Hall–Kier alpha value is -2.22. The number of carbonyl (C=O) groups is 1. The summed E-state index contributed by atoms with van der Waals surface area (Å²) >= 11 is 2.01. The maximum atomic E-state index is 12.7. The fraction of sp³-hybridized carbons (Fsp3) is 0. The minimum absolute atomic E-state index is 0.0846. The molecule has 0 fully saturated rings. The smallest absolute Gasteiger partial charge is 0.270 e. The highest BCUT2D eigenvalue weighted by atomic mass is 127. The number of ketones is 1. The summed E-state index contributed by atoms with van der Waals surface area (Å²) in [5.74, 6) is -0.222. The van der Waals surface area contributed by atoms with E-state index in [1.807, 2.05) is 46.9 Å².